The summed E-state index contributed by atoms with van der Waals surface area (Å²) in [6.45, 7) is 2.89. The van der Waals surface area contributed by atoms with E-state index in [1.807, 2.05) is 6.92 Å². The van der Waals surface area contributed by atoms with Crippen LogP contribution in [0, 0.1) is 0 Å². The van der Waals surface area contributed by atoms with Crippen LogP contribution in [0.5, 0.6) is 0 Å². The van der Waals surface area contributed by atoms with Crippen LogP contribution in [0.3, 0.4) is 0 Å². The lowest BCUT2D eigenvalue weighted by Gasteiger charge is -2.35. The molecule has 120 valence electrons. The second-order valence-corrected chi connectivity index (χ2v) is 4.82. The minimum absolute atomic E-state index is 0.0764. The number of aliphatic carboxylic acids is 1. The molecule has 0 aromatic rings. The van der Waals surface area contributed by atoms with Gasteiger partial charge in [-0.05, 0) is 6.42 Å². The molecule has 8 heteroatoms. The van der Waals surface area contributed by atoms with Gasteiger partial charge in [0.15, 0.2) is 0 Å². The van der Waals surface area contributed by atoms with Crippen molar-refractivity contribution >= 4 is 18.0 Å². The highest BCUT2D eigenvalue weighted by molar-refractivity contribution is 5.80. The molecule has 1 fully saturated rings. The molecule has 1 unspecified atom stereocenters. The zero-order valence-electron chi connectivity index (χ0n) is 12.4. The summed E-state index contributed by atoms with van der Waals surface area (Å²) in [5.41, 5.74) is 0. The number of hydrogen-bond acceptors (Lipinski definition) is 5. The van der Waals surface area contributed by atoms with E-state index in [1.54, 1.807) is 0 Å². The van der Waals surface area contributed by atoms with Crippen LogP contribution < -0.4 is 0 Å². The van der Waals surface area contributed by atoms with Gasteiger partial charge in [-0.2, -0.15) is 0 Å². The number of amides is 2. The number of morpholine rings is 1. The lowest BCUT2D eigenvalue weighted by atomic mass is 10.2. The van der Waals surface area contributed by atoms with Crippen molar-refractivity contribution in [3.8, 4) is 0 Å². The molecule has 0 bridgehead atoms. The summed E-state index contributed by atoms with van der Waals surface area (Å²) in [5.74, 6) is -1.44. The Morgan fingerprint density at radius 2 is 2.14 bits per heavy atom. The van der Waals surface area contributed by atoms with Gasteiger partial charge in [0.1, 0.15) is 6.54 Å². The average molecular weight is 302 g/mol. The molecule has 2 amide bonds. The molecule has 0 spiro atoms. The second kappa shape index (κ2) is 8.46. The van der Waals surface area contributed by atoms with E-state index in [1.165, 1.54) is 16.9 Å². The molecule has 1 aliphatic heterocycles. The quantitative estimate of drug-likeness (QED) is 0.702. The lowest BCUT2D eigenvalue weighted by Crippen LogP contribution is -2.52. The van der Waals surface area contributed by atoms with E-state index < -0.39 is 18.0 Å². The van der Waals surface area contributed by atoms with Crippen LogP contribution in [0.4, 0.5) is 4.79 Å². The lowest BCUT2D eigenvalue weighted by molar-refractivity contribution is -0.145. The third-order valence-electron chi connectivity index (χ3n) is 3.12. The fourth-order valence-corrected chi connectivity index (χ4v) is 2.16. The summed E-state index contributed by atoms with van der Waals surface area (Å²) >= 11 is 0. The second-order valence-electron chi connectivity index (χ2n) is 4.82. The molecule has 8 nitrogen and oxygen atoms in total. The van der Waals surface area contributed by atoms with Gasteiger partial charge >= 0.3 is 18.0 Å². The van der Waals surface area contributed by atoms with E-state index in [-0.39, 0.29) is 25.5 Å². The van der Waals surface area contributed by atoms with Crippen molar-refractivity contribution in [3.63, 3.8) is 0 Å². The molecule has 0 aromatic heterocycles. The Balaban J connectivity index is 2.62. The summed E-state index contributed by atoms with van der Waals surface area (Å²) in [6.07, 6.45) is 0.338. The maximum atomic E-state index is 12.3. The number of rotatable bonds is 6. The van der Waals surface area contributed by atoms with Gasteiger partial charge in [-0.3, -0.25) is 9.59 Å². The number of urea groups is 1. The first-order valence-electron chi connectivity index (χ1n) is 6.92. The molecule has 0 saturated carbocycles. The van der Waals surface area contributed by atoms with E-state index in [0.717, 1.165) is 0 Å². The van der Waals surface area contributed by atoms with Crippen LogP contribution in [0.1, 0.15) is 19.8 Å². The maximum absolute atomic E-state index is 12.3. The van der Waals surface area contributed by atoms with Gasteiger partial charge in [0.25, 0.3) is 0 Å². The minimum Gasteiger partial charge on any atom is -0.480 e. The van der Waals surface area contributed by atoms with Crippen molar-refractivity contribution in [1.82, 2.24) is 9.80 Å². The van der Waals surface area contributed by atoms with Crippen molar-refractivity contribution in [2.75, 3.05) is 39.9 Å². The van der Waals surface area contributed by atoms with E-state index in [9.17, 15) is 14.4 Å². The number of hydrogen-bond donors (Lipinski definition) is 1. The number of carboxylic acid groups (broad SMARTS) is 1. The van der Waals surface area contributed by atoms with Gasteiger partial charge in [-0.1, -0.05) is 6.92 Å². The Hall–Kier alpha value is -1.83. The molecule has 1 rings (SSSR count). The van der Waals surface area contributed by atoms with E-state index in [2.05, 4.69) is 4.74 Å². The fraction of sp³-hybridized carbons (Fsp3) is 0.769. The Bertz CT molecular complexity index is 387. The molecule has 1 heterocycles. The van der Waals surface area contributed by atoms with Gasteiger partial charge in [0.2, 0.25) is 0 Å². The summed E-state index contributed by atoms with van der Waals surface area (Å²) in [6, 6.07) is -0.336. The largest absolute Gasteiger partial charge is 0.480 e. The molecule has 1 aliphatic rings. The monoisotopic (exact) mass is 302 g/mol. The van der Waals surface area contributed by atoms with Gasteiger partial charge in [0.05, 0.1) is 26.2 Å². The van der Waals surface area contributed by atoms with E-state index in [0.29, 0.717) is 26.1 Å². The van der Waals surface area contributed by atoms with Crippen molar-refractivity contribution in [2.24, 2.45) is 0 Å². The zero-order valence-corrected chi connectivity index (χ0v) is 12.4. The van der Waals surface area contributed by atoms with E-state index in [4.69, 9.17) is 9.84 Å². The number of carboxylic acids is 1. The number of nitrogens with zero attached hydrogens (tertiary/aromatic N) is 2. The van der Waals surface area contributed by atoms with Crippen LogP contribution >= 0.6 is 0 Å². The van der Waals surface area contributed by atoms with Crippen molar-refractivity contribution in [1.29, 1.82) is 0 Å². The molecule has 0 radical (unpaired) electrons. The van der Waals surface area contributed by atoms with Gasteiger partial charge < -0.3 is 24.4 Å². The predicted octanol–water partition coefficient (Wildman–Crippen LogP) is 0.167. The Morgan fingerprint density at radius 3 is 2.71 bits per heavy atom. The van der Waals surface area contributed by atoms with Gasteiger partial charge in [0, 0.05) is 19.6 Å². The van der Waals surface area contributed by atoms with Gasteiger partial charge in [-0.15, -0.1) is 0 Å². The van der Waals surface area contributed by atoms with Crippen LogP contribution in [-0.4, -0.2) is 78.9 Å². The summed E-state index contributed by atoms with van der Waals surface area (Å²) in [7, 11) is 1.30. The Morgan fingerprint density at radius 1 is 1.43 bits per heavy atom. The molecule has 1 N–H and O–H groups in total. The topological polar surface area (TPSA) is 96.4 Å². The van der Waals surface area contributed by atoms with Crippen LogP contribution in [0.15, 0.2) is 0 Å². The first kappa shape index (κ1) is 17.2. The van der Waals surface area contributed by atoms with E-state index >= 15 is 0 Å². The number of ether oxygens (including phenoxy) is 2. The molecular formula is C13H22N2O6. The fourth-order valence-electron chi connectivity index (χ4n) is 2.16. The minimum atomic E-state index is -1.05. The maximum Gasteiger partial charge on any atom is 0.323 e. The third kappa shape index (κ3) is 5.58. The first-order valence-corrected chi connectivity index (χ1v) is 6.92. The van der Waals surface area contributed by atoms with Crippen molar-refractivity contribution in [2.45, 2.75) is 25.9 Å². The third-order valence-corrected chi connectivity index (χ3v) is 3.12. The predicted molar refractivity (Wildman–Crippen MR) is 72.8 cm³/mol. The summed E-state index contributed by atoms with van der Waals surface area (Å²) in [5, 5.41) is 8.86. The van der Waals surface area contributed by atoms with Crippen molar-refractivity contribution < 1.29 is 29.0 Å². The van der Waals surface area contributed by atoms with Crippen LogP contribution in [-0.2, 0) is 19.1 Å². The summed E-state index contributed by atoms with van der Waals surface area (Å²) < 4.78 is 10.00. The van der Waals surface area contributed by atoms with Crippen LogP contribution in [0.2, 0.25) is 0 Å². The average Bonchev–Trinajstić information content (AvgIpc) is 2.45. The highest BCUT2D eigenvalue weighted by Crippen LogP contribution is 2.12. The number of carbonyl (C=O) groups is 3. The molecule has 0 aliphatic carbocycles. The van der Waals surface area contributed by atoms with Crippen molar-refractivity contribution in [3.05, 3.63) is 0 Å². The number of esters is 1. The molecular weight excluding hydrogens is 280 g/mol. The normalized spacial score (nSPS) is 18.2. The Kier molecular flexibility index (Phi) is 6.93. The molecule has 0 aromatic carbocycles. The number of carbonyl (C=O) groups excluding carboxylic acids is 2. The number of methoxy groups -OCH3 is 1. The van der Waals surface area contributed by atoms with Gasteiger partial charge in [-0.25, -0.2) is 4.79 Å². The Labute approximate surface area is 123 Å². The standard InChI is InChI=1S/C13H22N2O6/c1-3-4-14(9-11(16)17)13(19)15-5-6-21-10(8-15)7-12(18)20-2/h10H,3-9H2,1-2H3,(H,16,17). The zero-order chi connectivity index (χ0) is 15.8. The smallest absolute Gasteiger partial charge is 0.323 e. The highest BCUT2D eigenvalue weighted by atomic mass is 16.5. The first-order chi connectivity index (χ1) is 9.97. The molecule has 1 atom stereocenters. The highest BCUT2D eigenvalue weighted by Gasteiger charge is 2.29. The molecule has 1 saturated heterocycles. The van der Waals surface area contributed by atoms with Crippen LogP contribution in [0.25, 0.3) is 0 Å². The SMILES string of the molecule is CCCN(CC(=O)O)C(=O)N1CCOC(CC(=O)OC)C1. The summed E-state index contributed by atoms with van der Waals surface area (Å²) in [4.78, 5) is 37.2. The molecule has 21 heavy (non-hydrogen) atoms.